The summed E-state index contributed by atoms with van der Waals surface area (Å²) in [6, 6.07) is 25.4. The Labute approximate surface area is 408 Å². The van der Waals surface area contributed by atoms with Gasteiger partial charge in [0.25, 0.3) is 0 Å². The summed E-state index contributed by atoms with van der Waals surface area (Å²) in [6.07, 6.45) is 27.2. The molecule has 0 aliphatic rings. The first-order chi connectivity index (χ1) is 33.6. The Morgan fingerprint density at radius 2 is 0.725 bits per heavy atom. The maximum Gasteiger partial charge on any atom is 0.346 e. The van der Waals surface area contributed by atoms with Gasteiger partial charge in [-0.25, -0.2) is 28.0 Å². The fourth-order valence-corrected chi connectivity index (χ4v) is 8.15. The molecule has 0 N–H and O–H groups in total. The van der Waals surface area contributed by atoms with Crippen LogP contribution in [0.1, 0.15) is 200 Å². The van der Waals surface area contributed by atoms with Crippen LogP contribution in [-0.4, -0.2) is 23.9 Å². The number of ether oxygens (including phenoxy) is 4. The van der Waals surface area contributed by atoms with Crippen LogP contribution in [-0.2, 0) is 12.8 Å². The van der Waals surface area contributed by atoms with E-state index in [0.29, 0.717) is 11.1 Å². The SMILES string of the molecule is CCCCCCCCCCCCc1ccc(C(=O)Oc2ccc(C(=O)Oc3cccc(OC(=O)c4ccc(OC(=O)c5ccc(CCCCCCCCCCCC)cc5)cc4F)c3C)c(F)c2)cc1. The first-order valence-electron chi connectivity index (χ1n) is 25.3. The van der Waals surface area contributed by atoms with Crippen LogP contribution >= 0.6 is 0 Å². The van der Waals surface area contributed by atoms with E-state index in [9.17, 15) is 19.2 Å². The Balaban J connectivity index is 1.05. The lowest BCUT2D eigenvalue weighted by atomic mass is 10.0. The number of carbonyl (C=O) groups is 4. The van der Waals surface area contributed by atoms with Gasteiger partial charge in [0, 0.05) is 17.7 Å². The van der Waals surface area contributed by atoms with E-state index >= 15 is 8.78 Å². The Kier molecular flexibility index (Phi) is 23.1. The van der Waals surface area contributed by atoms with E-state index in [4.69, 9.17) is 18.9 Å². The highest BCUT2D eigenvalue weighted by molar-refractivity contribution is 5.94. The van der Waals surface area contributed by atoms with Crippen LogP contribution in [0.3, 0.4) is 0 Å². The largest absolute Gasteiger partial charge is 0.423 e. The molecule has 0 saturated heterocycles. The number of hydrogen-bond acceptors (Lipinski definition) is 8. The summed E-state index contributed by atoms with van der Waals surface area (Å²) in [4.78, 5) is 51.9. The second-order valence-corrected chi connectivity index (χ2v) is 18.0. The van der Waals surface area contributed by atoms with E-state index in [1.807, 2.05) is 24.3 Å². The molecule has 0 unspecified atom stereocenters. The normalized spacial score (nSPS) is 11.0. The van der Waals surface area contributed by atoms with Gasteiger partial charge in [-0.3, -0.25) is 0 Å². The van der Waals surface area contributed by atoms with Crippen molar-refractivity contribution < 1.29 is 46.9 Å². The zero-order valence-electron chi connectivity index (χ0n) is 40.9. The maximum atomic E-state index is 15.2. The number of unbranched alkanes of at least 4 members (excludes halogenated alkanes) is 18. The topological polar surface area (TPSA) is 105 Å². The van der Waals surface area contributed by atoms with Gasteiger partial charge in [0.1, 0.15) is 34.6 Å². The van der Waals surface area contributed by atoms with E-state index < -0.39 is 46.6 Å². The molecule has 8 nitrogen and oxygen atoms in total. The molecule has 0 spiro atoms. The van der Waals surface area contributed by atoms with Crippen molar-refractivity contribution in [3.63, 3.8) is 0 Å². The predicted octanol–water partition coefficient (Wildman–Crippen LogP) is 16.1. The van der Waals surface area contributed by atoms with Gasteiger partial charge in [-0.05, 0) is 104 Å². The van der Waals surface area contributed by atoms with E-state index in [0.717, 1.165) is 61.1 Å². The number of hydrogen-bond donors (Lipinski definition) is 0. The third kappa shape index (κ3) is 18.4. The van der Waals surface area contributed by atoms with Crippen LogP contribution in [0.15, 0.2) is 103 Å². The second kappa shape index (κ2) is 29.7. The Hall–Kier alpha value is -6.16. The lowest BCUT2D eigenvalue weighted by molar-refractivity contribution is 0.0719. The molecule has 5 aromatic carbocycles. The van der Waals surface area contributed by atoms with E-state index in [1.54, 1.807) is 24.3 Å². The summed E-state index contributed by atoms with van der Waals surface area (Å²) < 4.78 is 52.2. The van der Waals surface area contributed by atoms with Crippen LogP contribution < -0.4 is 18.9 Å². The van der Waals surface area contributed by atoms with E-state index in [2.05, 4.69) is 13.8 Å². The van der Waals surface area contributed by atoms with Crippen LogP contribution in [0, 0.1) is 18.6 Å². The van der Waals surface area contributed by atoms with Gasteiger partial charge in [0.2, 0.25) is 0 Å². The molecule has 0 aromatic heterocycles. The van der Waals surface area contributed by atoms with Crippen LogP contribution in [0.2, 0.25) is 0 Å². The van der Waals surface area contributed by atoms with Crippen molar-refractivity contribution >= 4 is 23.9 Å². The predicted molar refractivity (Wildman–Crippen MR) is 268 cm³/mol. The molecule has 0 aliphatic carbocycles. The highest BCUT2D eigenvalue weighted by Crippen LogP contribution is 2.30. The molecule has 0 saturated carbocycles. The van der Waals surface area contributed by atoms with Crippen LogP contribution in [0.25, 0.3) is 0 Å². The summed E-state index contributed by atoms with van der Waals surface area (Å²) >= 11 is 0. The standard InChI is InChI=1S/C59H70F2O8/c1-4-6-8-10-12-14-16-18-20-22-25-44-29-33-46(34-30-44)56(62)66-48-37-39-50(52(60)41-48)58(64)68-54-27-24-28-55(43(54)3)69-59(65)51-40-38-49(42-53(51)61)67-57(63)47-35-31-45(32-36-47)26-23-21-19-17-15-13-11-9-7-5-2/h24,27-42H,4-23,25-26H2,1-3H3. The summed E-state index contributed by atoms with van der Waals surface area (Å²) in [5.74, 6) is -5.64. The molecule has 0 aliphatic heterocycles. The van der Waals surface area contributed by atoms with E-state index in [1.165, 1.54) is 153 Å². The molecular formula is C59H70F2O8. The van der Waals surface area contributed by atoms with Gasteiger partial charge in [-0.15, -0.1) is 0 Å². The molecule has 0 radical (unpaired) electrons. The van der Waals surface area contributed by atoms with Crippen LogP contribution in [0.4, 0.5) is 8.78 Å². The van der Waals surface area contributed by atoms with Gasteiger partial charge in [-0.1, -0.05) is 160 Å². The van der Waals surface area contributed by atoms with Gasteiger partial charge < -0.3 is 18.9 Å². The monoisotopic (exact) mass is 945 g/mol. The fourth-order valence-electron chi connectivity index (χ4n) is 8.15. The molecule has 5 rings (SSSR count). The van der Waals surface area contributed by atoms with Crippen molar-refractivity contribution in [2.45, 2.75) is 162 Å². The first kappa shape index (κ1) is 53.8. The highest BCUT2D eigenvalue weighted by atomic mass is 19.1. The molecule has 0 heterocycles. The minimum Gasteiger partial charge on any atom is -0.423 e. The molecule has 69 heavy (non-hydrogen) atoms. The quantitative estimate of drug-likeness (QED) is 0.0255. The third-order valence-corrected chi connectivity index (χ3v) is 12.4. The number of carbonyl (C=O) groups excluding carboxylic acids is 4. The molecule has 0 bridgehead atoms. The van der Waals surface area contributed by atoms with Crippen molar-refractivity contribution in [3.05, 3.63) is 154 Å². The van der Waals surface area contributed by atoms with Gasteiger partial charge >= 0.3 is 23.9 Å². The molecule has 0 fully saturated rings. The van der Waals surface area contributed by atoms with E-state index in [-0.39, 0.29) is 28.6 Å². The van der Waals surface area contributed by atoms with Crippen molar-refractivity contribution in [2.24, 2.45) is 0 Å². The lowest BCUT2D eigenvalue weighted by Crippen LogP contribution is -2.14. The minimum absolute atomic E-state index is 0.0358. The number of aryl methyl sites for hydroxylation is 2. The molecule has 0 atom stereocenters. The summed E-state index contributed by atoms with van der Waals surface area (Å²) in [6.45, 7) is 5.98. The first-order valence-corrected chi connectivity index (χ1v) is 25.3. The zero-order valence-corrected chi connectivity index (χ0v) is 40.9. The average molecular weight is 945 g/mol. The molecule has 5 aromatic rings. The average Bonchev–Trinajstić information content (AvgIpc) is 3.34. The Bertz CT molecular complexity index is 2230. The molecule has 0 amide bonds. The number of esters is 4. The maximum absolute atomic E-state index is 15.2. The zero-order chi connectivity index (χ0) is 49.2. The van der Waals surface area contributed by atoms with Gasteiger partial charge in [-0.2, -0.15) is 0 Å². The Morgan fingerprint density at radius 1 is 0.391 bits per heavy atom. The Morgan fingerprint density at radius 3 is 1.06 bits per heavy atom. The second-order valence-electron chi connectivity index (χ2n) is 18.0. The van der Waals surface area contributed by atoms with Crippen molar-refractivity contribution in [1.82, 2.24) is 0 Å². The molecule has 10 heteroatoms. The van der Waals surface area contributed by atoms with Gasteiger partial charge in [0.05, 0.1) is 22.3 Å². The fraction of sp³-hybridized carbons (Fsp3) is 0.424. The minimum atomic E-state index is -1.05. The molecular weight excluding hydrogens is 875 g/mol. The summed E-state index contributed by atoms with van der Waals surface area (Å²) in [5, 5.41) is 0. The number of rotatable bonds is 30. The van der Waals surface area contributed by atoms with Crippen molar-refractivity contribution in [1.29, 1.82) is 0 Å². The number of halogens is 2. The summed E-state index contributed by atoms with van der Waals surface area (Å²) in [5.41, 5.74) is 2.25. The highest BCUT2D eigenvalue weighted by Gasteiger charge is 2.22. The van der Waals surface area contributed by atoms with Crippen molar-refractivity contribution in [3.8, 4) is 23.0 Å². The van der Waals surface area contributed by atoms with Gasteiger partial charge in [0.15, 0.2) is 0 Å². The lowest BCUT2D eigenvalue weighted by Gasteiger charge is -2.13. The smallest absolute Gasteiger partial charge is 0.346 e. The van der Waals surface area contributed by atoms with Crippen LogP contribution in [0.5, 0.6) is 23.0 Å². The molecule has 368 valence electrons. The third-order valence-electron chi connectivity index (χ3n) is 12.4. The number of benzene rings is 5. The van der Waals surface area contributed by atoms with Crippen molar-refractivity contribution in [2.75, 3.05) is 0 Å². The summed E-state index contributed by atoms with van der Waals surface area (Å²) in [7, 11) is 0.